The molecule has 0 rings (SSSR count). The zero-order chi connectivity index (χ0) is 15.1. The zero-order valence-corrected chi connectivity index (χ0v) is 12.7. The summed E-state index contributed by atoms with van der Waals surface area (Å²) in [4.78, 5) is 22.8. The molecule has 0 aliphatic rings. The number of carbonyl (C=O) groups excluding carboxylic acids is 1. The molecule has 0 fully saturated rings. The minimum Gasteiger partial charge on any atom is -0.481 e. The van der Waals surface area contributed by atoms with Crippen LogP contribution in [0.25, 0.3) is 0 Å². The van der Waals surface area contributed by atoms with E-state index >= 15 is 0 Å². The van der Waals surface area contributed by atoms with Gasteiger partial charge in [0.1, 0.15) is 0 Å². The van der Waals surface area contributed by atoms with Gasteiger partial charge < -0.3 is 15.7 Å². The molecule has 0 spiro atoms. The molecule has 19 heavy (non-hydrogen) atoms. The van der Waals surface area contributed by atoms with E-state index in [1.54, 1.807) is 0 Å². The summed E-state index contributed by atoms with van der Waals surface area (Å²) in [5, 5.41) is 14.6. The SMILES string of the molecule is CCCC(CC)NC(=O)NC(CC(=O)O)C(C)(C)C. The van der Waals surface area contributed by atoms with Gasteiger partial charge in [-0.15, -0.1) is 0 Å². The molecule has 0 aromatic heterocycles. The molecule has 0 aliphatic carbocycles. The molecule has 2 amide bonds. The van der Waals surface area contributed by atoms with Gasteiger partial charge in [0.05, 0.1) is 6.42 Å². The fourth-order valence-corrected chi connectivity index (χ4v) is 1.86. The number of carboxylic acids is 1. The molecule has 5 nitrogen and oxygen atoms in total. The van der Waals surface area contributed by atoms with E-state index in [2.05, 4.69) is 17.6 Å². The quantitative estimate of drug-likeness (QED) is 0.667. The van der Waals surface area contributed by atoms with E-state index in [4.69, 9.17) is 5.11 Å². The lowest BCUT2D eigenvalue weighted by Crippen LogP contribution is -2.51. The number of hydrogen-bond donors (Lipinski definition) is 3. The molecule has 0 aromatic rings. The second kappa shape index (κ2) is 8.02. The van der Waals surface area contributed by atoms with Crippen molar-refractivity contribution in [1.29, 1.82) is 0 Å². The third-order valence-corrected chi connectivity index (χ3v) is 3.19. The van der Waals surface area contributed by atoms with Gasteiger partial charge in [0.2, 0.25) is 0 Å². The third kappa shape index (κ3) is 7.70. The Morgan fingerprint density at radius 1 is 1.16 bits per heavy atom. The Labute approximate surface area is 116 Å². The van der Waals surface area contributed by atoms with E-state index in [-0.39, 0.29) is 30.0 Å². The lowest BCUT2D eigenvalue weighted by Gasteiger charge is -2.31. The van der Waals surface area contributed by atoms with Crippen LogP contribution < -0.4 is 10.6 Å². The Balaban J connectivity index is 4.50. The smallest absolute Gasteiger partial charge is 0.315 e. The van der Waals surface area contributed by atoms with Crippen molar-refractivity contribution in [3.8, 4) is 0 Å². The number of carbonyl (C=O) groups is 2. The molecule has 0 radical (unpaired) electrons. The van der Waals surface area contributed by atoms with Crippen molar-refractivity contribution in [3.05, 3.63) is 0 Å². The van der Waals surface area contributed by atoms with Crippen LogP contribution in [0.3, 0.4) is 0 Å². The van der Waals surface area contributed by atoms with Crippen molar-refractivity contribution >= 4 is 12.0 Å². The summed E-state index contributed by atoms with van der Waals surface area (Å²) >= 11 is 0. The number of urea groups is 1. The first-order valence-electron chi connectivity index (χ1n) is 6.99. The van der Waals surface area contributed by atoms with Gasteiger partial charge in [-0.3, -0.25) is 4.79 Å². The molecule has 0 heterocycles. The molecule has 2 unspecified atom stereocenters. The van der Waals surface area contributed by atoms with Crippen LogP contribution in [0.2, 0.25) is 0 Å². The van der Waals surface area contributed by atoms with Crippen LogP contribution in [0.5, 0.6) is 0 Å². The maximum absolute atomic E-state index is 11.9. The van der Waals surface area contributed by atoms with Gasteiger partial charge in [0.25, 0.3) is 0 Å². The first-order chi connectivity index (χ1) is 8.70. The predicted octanol–water partition coefficient (Wildman–Crippen LogP) is 2.75. The largest absolute Gasteiger partial charge is 0.481 e. The maximum Gasteiger partial charge on any atom is 0.315 e. The zero-order valence-electron chi connectivity index (χ0n) is 12.7. The summed E-state index contributed by atoms with van der Waals surface area (Å²) in [5.41, 5.74) is -0.289. The topological polar surface area (TPSA) is 78.4 Å². The second-order valence-corrected chi connectivity index (χ2v) is 6.03. The molecule has 0 saturated carbocycles. The molecule has 0 aromatic carbocycles. The van der Waals surface area contributed by atoms with E-state index in [1.165, 1.54) is 0 Å². The monoisotopic (exact) mass is 272 g/mol. The van der Waals surface area contributed by atoms with Crippen LogP contribution in [-0.4, -0.2) is 29.2 Å². The molecule has 0 aliphatic heterocycles. The summed E-state index contributed by atoms with van der Waals surface area (Å²) in [6.45, 7) is 9.86. The number of nitrogens with one attached hydrogen (secondary N) is 2. The normalized spacial score (nSPS) is 14.6. The molecule has 2 atom stereocenters. The van der Waals surface area contributed by atoms with Crippen LogP contribution >= 0.6 is 0 Å². The van der Waals surface area contributed by atoms with E-state index in [0.29, 0.717) is 0 Å². The number of aliphatic carboxylic acids is 1. The van der Waals surface area contributed by atoms with Crippen molar-refractivity contribution in [2.24, 2.45) is 5.41 Å². The summed E-state index contributed by atoms with van der Waals surface area (Å²) in [7, 11) is 0. The second-order valence-electron chi connectivity index (χ2n) is 6.03. The average molecular weight is 272 g/mol. The molecular formula is C14H28N2O3. The lowest BCUT2D eigenvalue weighted by molar-refractivity contribution is -0.138. The Bertz CT molecular complexity index is 298. The highest BCUT2D eigenvalue weighted by molar-refractivity contribution is 5.76. The van der Waals surface area contributed by atoms with Crippen molar-refractivity contribution < 1.29 is 14.7 Å². The average Bonchev–Trinajstić information content (AvgIpc) is 2.25. The van der Waals surface area contributed by atoms with Crippen LogP contribution in [-0.2, 0) is 4.79 Å². The summed E-state index contributed by atoms with van der Waals surface area (Å²) < 4.78 is 0. The van der Waals surface area contributed by atoms with Gasteiger partial charge in [-0.25, -0.2) is 4.79 Å². The van der Waals surface area contributed by atoms with Crippen LogP contribution in [0.15, 0.2) is 0 Å². The first-order valence-corrected chi connectivity index (χ1v) is 6.99. The van der Waals surface area contributed by atoms with Gasteiger partial charge in [-0.1, -0.05) is 41.0 Å². The Kier molecular flexibility index (Phi) is 7.49. The summed E-state index contributed by atoms with van der Waals surface area (Å²) in [6, 6.07) is -0.513. The number of carboxylic acid groups (broad SMARTS) is 1. The Hall–Kier alpha value is -1.26. The predicted molar refractivity (Wildman–Crippen MR) is 76.2 cm³/mol. The van der Waals surface area contributed by atoms with Crippen molar-refractivity contribution in [2.45, 2.75) is 72.4 Å². The Morgan fingerprint density at radius 3 is 2.11 bits per heavy atom. The molecular weight excluding hydrogens is 244 g/mol. The minimum atomic E-state index is -0.902. The molecule has 5 heteroatoms. The van der Waals surface area contributed by atoms with Crippen LogP contribution in [0.4, 0.5) is 4.79 Å². The van der Waals surface area contributed by atoms with E-state index in [1.807, 2.05) is 27.7 Å². The van der Waals surface area contributed by atoms with Crippen molar-refractivity contribution in [3.63, 3.8) is 0 Å². The van der Waals surface area contributed by atoms with Gasteiger partial charge >= 0.3 is 12.0 Å². The third-order valence-electron chi connectivity index (χ3n) is 3.19. The van der Waals surface area contributed by atoms with E-state index < -0.39 is 5.97 Å². The first kappa shape index (κ1) is 17.7. The number of amides is 2. The summed E-state index contributed by atoms with van der Waals surface area (Å²) in [6.07, 6.45) is 2.75. The van der Waals surface area contributed by atoms with Crippen molar-refractivity contribution in [2.75, 3.05) is 0 Å². The molecule has 3 N–H and O–H groups in total. The highest BCUT2D eigenvalue weighted by Crippen LogP contribution is 2.21. The van der Waals surface area contributed by atoms with Gasteiger partial charge in [-0.2, -0.15) is 0 Å². The van der Waals surface area contributed by atoms with Crippen molar-refractivity contribution in [1.82, 2.24) is 10.6 Å². The van der Waals surface area contributed by atoms with Crippen LogP contribution in [0, 0.1) is 5.41 Å². The lowest BCUT2D eigenvalue weighted by atomic mass is 9.85. The fourth-order valence-electron chi connectivity index (χ4n) is 1.86. The minimum absolute atomic E-state index is 0.0680. The fraction of sp³-hybridized carbons (Fsp3) is 0.857. The highest BCUT2D eigenvalue weighted by Gasteiger charge is 2.28. The Morgan fingerprint density at radius 2 is 1.74 bits per heavy atom. The standard InChI is InChI=1S/C14H28N2O3/c1-6-8-10(7-2)15-13(19)16-11(9-12(17)18)14(3,4)5/h10-11H,6-9H2,1-5H3,(H,17,18)(H2,15,16,19). The number of rotatable bonds is 7. The molecule has 112 valence electrons. The van der Waals surface area contributed by atoms with Gasteiger partial charge in [0, 0.05) is 12.1 Å². The highest BCUT2D eigenvalue weighted by atomic mass is 16.4. The molecule has 0 saturated heterocycles. The molecule has 0 bridgehead atoms. The number of hydrogen-bond acceptors (Lipinski definition) is 2. The van der Waals surface area contributed by atoms with E-state index in [9.17, 15) is 9.59 Å². The van der Waals surface area contributed by atoms with Gasteiger partial charge in [-0.05, 0) is 18.3 Å². The summed E-state index contributed by atoms with van der Waals surface area (Å²) in [5.74, 6) is -0.902. The van der Waals surface area contributed by atoms with Crippen LogP contribution in [0.1, 0.15) is 60.3 Å². The van der Waals surface area contributed by atoms with E-state index in [0.717, 1.165) is 19.3 Å². The van der Waals surface area contributed by atoms with Gasteiger partial charge in [0.15, 0.2) is 0 Å². The maximum atomic E-state index is 11.9.